The molecule has 2 aromatic carbocycles. The lowest BCUT2D eigenvalue weighted by Gasteiger charge is -2.64. The third-order valence-corrected chi connectivity index (χ3v) is 15.4. The number of nitrogens with zero attached hydrogens (tertiary/aromatic N) is 1. The molecule has 6 bridgehead atoms. The van der Waals surface area contributed by atoms with Crippen LogP contribution in [0, 0.1) is 17.3 Å². The van der Waals surface area contributed by atoms with E-state index in [1.54, 1.807) is 24.3 Å². The van der Waals surface area contributed by atoms with E-state index in [2.05, 4.69) is 49.0 Å². The van der Waals surface area contributed by atoms with Gasteiger partial charge in [0.25, 0.3) is 0 Å². The number of fused-ring (bicyclic) bond motifs is 5. The largest absolute Gasteiger partial charge is 0.492 e. The van der Waals surface area contributed by atoms with Crippen molar-refractivity contribution >= 4 is 36.7 Å². The molecule has 7 rings (SSSR count). The summed E-state index contributed by atoms with van der Waals surface area (Å²) in [5.41, 5.74) is 18.5. The normalized spacial score (nSPS) is 24.2. The van der Waals surface area contributed by atoms with Crippen LogP contribution in [0.4, 0.5) is 0 Å². The van der Waals surface area contributed by atoms with Crippen molar-refractivity contribution in [3.8, 4) is 22.6 Å². The molecule has 10 N–H and O–H groups in total. The van der Waals surface area contributed by atoms with Gasteiger partial charge in [0, 0.05) is 44.1 Å². The molecule has 3 aliphatic carbocycles. The first-order valence-electron chi connectivity index (χ1n) is 27.3. The average Bonchev–Trinajstić information content (AvgIpc) is 3.73. The van der Waals surface area contributed by atoms with Crippen molar-refractivity contribution in [3.63, 3.8) is 0 Å². The van der Waals surface area contributed by atoms with Crippen molar-refractivity contribution in [2.45, 2.75) is 181 Å². The number of carbonyl (C=O) groups is 5. The first kappa shape index (κ1) is 59.1. The third kappa shape index (κ3) is 15.4. The molecular formula is C55H89BN8O9. The van der Waals surface area contributed by atoms with Crippen molar-refractivity contribution in [1.82, 2.24) is 26.2 Å². The summed E-state index contributed by atoms with van der Waals surface area (Å²) in [6.07, 6.45) is 15.1. The minimum Gasteiger partial charge on any atom is -0.492 e. The Morgan fingerprint density at radius 1 is 0.836 bits per heavy atom. The number of carbonyl (C=O) groups excluding carboxylic acids is 5. The van der Waals surface area contributed by atoms with E-state index in [0.29, 0.717) is 52.0 Å². The van der Waals surface area contributed by atoms with E-state index in [-0.39, 0.29) is 56.7 Å². The summed E-state index contributed by atoms with van der Waals surface area (Å²) in [6.45, 7) is 15.5. The van der Waals surface area contributed by atoms with Crippen LogP contribution >= 0.6 is 0 Å². The van der Waals surface area contributed by atoms with E-state index in [4.69, 9.17) is 36.0 Å². The lowest BCUT2D eigenvalue weighted by atomic mass is 9.43. The Kier molecular flexibility index (Phi) is 22.9. The molecule has 2 aromatic rings. The van der Waals surface area contributed by atoms with Crippen LogP contribution in [0.25, 0.3) is 11.1 Å². The number of benzene rings is 2. The molecule has 5 amide bonds. The van der Waals surface area contributed by atoms with Crippen molar-refractivity contribution in [1.29, 1.82) is 0 Å². The summed E-state index contributed by atoms with van der Waals surface area (Å²) >= 11 is 0. The Balaban J connectivity index is 0.00000321. The number of unbranched alkanes of at least 4 members (excludes halogenated alkanes) is 10. The van der Waals surface area contributed by atoms with Crippen molar-refractivity contribution < 1.29 is 42.8 Å². The number of ether oxygens (including phenoxy) is 2. The predicted molar refractivity (Wildman–Crippen MR) is 286 cm³/mol. The summed E-state index contributed by atoms with van der Waals surface area (Å²) in [6, 6.07) is 7.14. The topological polar surface area (TPSA) is 252 Å². The highest BCUT2D eigenvalue weighted by Crippen LogP contribution is 2.65. The van der Waals surface area contributed by atoms with Gasteiger partial charge < -0.3 is 62.2 Å². The quantitative estimate of drug-likeness (QED) is 0.0500. The molecule has 4 fully saturated rings. The van der Waals surface area contributed by atoms with Gasteiger partial charge in [0.05, 0.1) is 24.2 Å². The minimum atomic E-state index is -1.26. The second-order valence-corrected chi connectivity index (χ2v) is 21.4. The molecule has 4 unspecified atom stereocenters. The van der Waals surface area contributed by atoms with Crippen LogP contribution in [0.15, 0.2) is 36.4 Å². The molecule has 5 aliphatic rings. The number of nitrogens with one attached hydrogen (secondary N) is 4. The summed E-state index contributed by atoms with van der Waals surface area (Å²) in [4.78, 5) is 71.2. The van der Waals surface area contributed by atoms with E-state index in [0.717, 1.165) is 45.1 Å². The lowest BCUT2D eigenvalue weighted by molar-refractivity contribution is -0.199. The SMILES string of the molecule is CCCCCCCCCCCCCC(=O)NCC(=O)N(C)C1C(=O)N[C@@H](C)C(=O)NC(C(=O)N[C@@H](C)B2O[C@@H]3CC4CC(C4(C)C)[C@]3(C)O2)Cc2ccc(OCCN)c(c2)-c2cc1ccc2OCCN.CCN. The molecule has 2 heterocycles. The molecule has 2 aliphatic heterocycles. The zero-order valence-corrected chi connectivity index (χ0v) is 45.3. The van der Waals surface area contributed by atoms with Crippen molar-refractivity contribution in [2.75, 3.05) is 46.4 Å². The van der Waals surface area contributed by atoms with E-state index >= 15 is 0 Å². The van der Waals surface area contributed by atoms with Gasteiger partial charge in [-0.05, 0) is 99.2 Å². The Morgan fingerprint density at radius 3 is 2.03 bits per heavy atom. The van der Waals surface area contributed by atoms with Crippen LogP contribution in [0.1, 0.15) is 156 Å². The maximum Gasteiger partial charge on any atom is 0.481 e. The monoisotopic (exact) mass is 1020 g/mol. The summed E-state index contributed by atoms with van der Waals surface area (Å²) in [7, 11) is 0.801. The number of nitrogens with two attached hydrogens (primary N) is 3. The van der Waals surface area contributed by atoms with E-state index in [1.165, 1.54) is 63.8 Å². The van der Waals surface area contributed by atoms with Crippen LogP contribution in [-0.2, 0) is 39.7 Å². The highest BCUT2D eigenvalue weighted by atomic mass is 16.7. The Labute approximate surface area is 435 Å². The van der Waals surface area contributed by atoms with Crippen LogP contribution in [0.2, 0.25) is 0 Å². The van der Waals surface area contributed by atoms with Gasteiger partial charge in [0.1, 0.15) is 42.8 Å². The van der Waals surface area contributed by atoms with E-state index in [1.807, 2.05) is 26.0 Å². The molecule has 0 aromatic heterocycles. The van der Waals surface area contributed by atoms with Gasteiger partial charge in [-0.1, -0.05) is 104 Å². The van der Waals surface area contributed by atoms with Crippen LogP contribution in [-0.4, -0.2) is 118 Å². The van der Waals surface area contributed by atoms with Gasteiger partial charge in [-0.25, -0.2) is 0 Å². The number of rotatable bonds is 24. The zero-order valence-electron chi connectivity index (χ0n) is 45.3. The smallest absolute Gasteiger partial charge is 0.481 e. The standard InChI is InChI=1S/C53H82BN7O9.C2H7N/c1-8-9-10-11-12-13-14-15-16-17-18-19-46(62)57-33-47(63)61(7)48-37-21-23-43(68-27-25-56)40(30-37)39-28-36(20-22-42(39)67-26-24-55)29-41(60-49(64)34(2)58-51(48)66)50(65)59-35(3)54-69-45-32-38-31-44(52(38,4)5)53(45,6)70-54;1-2-3/h20-23,28,30,34-35,38,41,44-45,48H,8-19,24-27,29,31-33,55-56H2,1-7H3,(H,57,62)(H,58,66)(H,59,65)(H,60,64);2-3H2,1H3/t34-,35-,38?,41?,44?,45+,48?,53-;/m0./s1. The average molecular weight is 1020 g/mol. The van der Waals surface area contributed by atoms with Gasteiger partial charge in [-0.15, -0.1) is 0 Å². The van der Waals surface area contributed by atoms with Gasteiger partial charge in [0.2, 0.25) is 29.5 Å². The fourth-order valence-corrected chi connectivity index (χ4v) is 11.1. The highest BCUT2D eigenvalue weighted by Gasteiger charge is 2.68. The molecule has 0 radical (unpaired) electrons. The maximum absolute atomic E-state index is 14.5. The fraction of sp³-hybridized carbons (Fsp3) is 0.691. The molecular weight excluding hydrogens is 927 g/mol. The molecule has 3 saturated carbocycles. The van der Waals surface area contributed by atoms with Gasteiger partial charge in [0.15, 0.2) is 0 Å². The lowest BCUT2D eigenvalue weighted by Crippen LogP contribution is -2.65. The summed E-state index contributed by atoms with van der Waals surface area (Å²) in [5.74, 6) is -1.24. The van der Waals surface area contributed by atoms with Crippen molar-refractivity contribution in [2.24, 2.45) is 34.5 Å². The minimum absolute atomic E-state index is 0.0727. The molecule has 8 atom stereocenters. The molecule has 17 nitrogen and oxygen atoms in total. The zero-order chi connectivity index (χ0) is 53.3. The first-order valence-corrected chi connectivity index (χ1v) is 27.3. The first-order chi connectivity index (χ1) is 34.9. The number of likely N-dealkylation sites (N-methyl/N-ethyl adjacent to an activating group) is 1. The number of hydrogen-bond donors (Lipinski definition) is 7. The Hall–Kier alpha value is -4.75. The highest BCUT2D eigenvalue weighted by molar-refractivity contribution is 6.47. The van der Waals surface area contributed by atoms with Crippen LogP contribution < -0.4 is 47.9 Å². The molecule has 406 valence electrons. The molecule has 18 heteroatoms. The van der Waals surface area contributed by atoms with Crippen molar-refractivity contribution in [3.05, 3.63) is 47.5 Å². The second-order valence-electron chi connectivity index (χ2n) is 21.4. The predicted octanol–water partition coefficient (Wildman–Crippen LogP) is 5.63. The molecule has 0 spiro atoms. The van der Waals surface area contributed by atoms with Gasteiger partial charge >= 0.3 is 7.12 Å². The molecule has 73 heavy (non-hydrogen) atoms. The second kappa shape index (κ2) is 28.2. The third-order valence-electron chi connectivity index (χ3n) is 15.4. The summed E-state index contributed by atoms with van der Waals surface area (Å²) in [5, 5.41) is 11.5. The van der Waals surface area contributed by atoms with Crippen LogP contribution in [0.5, 0.6) is 11.5 Å². The Morgan fingerprint density at radius 2 is 1.42 bits per heavy atom. The number of amides is 5. The van der Waals surface area contributed by atoms with Gasteiger partial charge in [-0.3, -0.25) is 24.0 Å². The Bertz CT molecular complexity index is 2150. The van der Waals surface area contributed by atoms with Gasteiger partial charge in [-0.2, -0.15) is 0 Å². The van der Waals surface area contributed by atoms with E-state index in [9.17, 15) is 24.0 Å². The van der Waals surface area contributed by atoms with Crippen LogP contribution in [0.3, 0.4) is 0 Å². The fourth-order valence-electron chi connectivity index (χ4n) is 11.1. The summed E-state index contributed by atoms with van der Waals surface area (Å²) < 4.78 is 25.5. The number of hydrogen-bond acceptors (Lipinski definition) is 12. The maximum atomic E-state index is 14.5. The molecule has 1 saturated heterocycles. The van der Waals surface area contributed by atoms with E-state index < -0.39 is 60.4 Å².